The lowest BCUT2D eigenvalue weighted by Crippen LogP contribution is -2.32. The largest absolute Gasteiger partial charge is 0.370 e. The molecule has 0 saturated heterocycles. The molecule has 1 fully saturated rings. The molecule has 0 heterocycles. The Morgan fingerprint density at radius 1 is 1.05 bits per heavy atom. The van der Waals surface area contributed by atoms with Crippen LogP contribution >= 0.6 is 0 Å². The van der Waals surface area contributed by atoms with E-state index in [4.69, 9.17) is 0 Å². The van der Waals surface area contributed by atoms with E-state index >= 15 is 0 Å². The van der Waals surface area contributed by atoms with Crippen LogP contribution in [0.15, 0.2) is 24.3 Å². The number of benzene rings is 1. The molecule has 0 atom stereocenters. The Hall–Kier alpha value is -1.06. The molecular formula is C17H29N3. The fourth-order valence-electron chi connectivity index (χ4n) is 2.33. The molecule has 1 aromatic rings. The zero-order valence-electron chi connectivity index (χ0n) is 13.2. The maximum absolute atomic E-state index is 3.57. The van der Waals surface area contributed by atoms with Gasteiger partial charge in [-0.15, -0.1) is 0 Å². The second-order valence-electron chi connectivity index (χ2n) is 6.11. The van der Waals surface area contributed by atoms with Crippen LogP contribution in [0, 0.1) is 0 Å². The molecule has 1 aliphatic rings. The van der Waals surface area contributed by atoms with E-state index in [2.05, 4.69) is 60.4 Å². The average Bonchev–Trinajstić information content (AvgIpc) is 3.26. The van der Waals surface area contributed by atoms with Gasteiger partial charge < -0.3 is 15.1 Å². The maximum Gasteiger partial charge on any atom is 0.0366 e. The van der Waals surface area contributed by atoms with Crippen molar-refractivity contribution in [2.75, 3.05) is 38.6 Å². The molecule has 1 N–H and O–H groups in total. The molecule has 20 heavy (non-hydrogen) atoms. The molecule has 0 bridgehead atoms. The lowest BCUT2D eigenvalue weighted by molar-refractivity contribution is 0.413. The first kappa shape index (κ1) is 15.3. The van der Waals surface area contributed by atoms with Crippen LogP contribution < -0.4 is 10.2 Å². The van der Waals surface area contributed by atoms with Gasteiger partial charge in [0.1, 0.15) is 0 Å². The Bertz CT molecular complexity index is 382. The highest BCUT2D eigenvalue weighted by Gasteiger charge is 2.19. The number of anilines is 1. The highest BCUT2D eigenvalue weighted by atomic mass is 15.2. The minimum atomic E-state index is 0.784. The number of hydrogen-bond acceptors (Lipinski definition) is 3. The van der Waals surface area contributed by atoms with Crippen molar-refractivity contribution < 1.29 is 0 Å². The lowest BCUT2D eigenvalue weighted by atomic mass is 10.2. The summed E-state index contributed by atoms with van der Waals surface area (Å²) in [6, 6.07) is 9.86. The fourth-order valence-corrected chi connectivity index (χ4v) is 2.33. The van der Waals surface area contributed by atoms with Gasteiger partial charge in [-0.25, -0.2) is 0 Å². The average molecular weight is 275 g/mol. The van der Waals surface area contributed by atoms with Crippen LogP contribution in [0.2, 0.25) is 0 Å². The summed E-state index contributed by atoms with van der Waals surface area (Å²) in [7, 11) is 4.27. The summed E-state index contributed by atoms with van der Waals surface area (Å²) >= 11 is 0. The Morgan fingerprint density at radius 2 is 1.75 bits per heavy atom. The molecule has 0 aromatic heterocycles. The first-order valence-corrected chi connectivity index (χ1v) is 7.91. The third-order valence-electron chi connectivity index (χ3n) is 3.78. The van der Waals surface area contributed by atoms with Crippen LogP contribution in [0.4, 0.5) is 5.69 Å². The van der Waals surface area contributed by atoms with E-state index in [0.29, 0.717) is 0 Å². The molecule has 0 radical (unpaired) electrons. The summed E-state index contributed by atoms with van der Waals surface area (Å²) in [5.74, 6) is 0. The van der Waals surface area contributed by atoms with E-state index in [-0.39, 0.29) is 0 Å². The third-order valence-corrected chi connectivity index (χ3v) is 3.78. The quantitative estimate of drug-likeness (QED) is 0.747. The topological polar surface area (TPSA) is 18.5 Å². The third kappa shape index (κ3) is 5.14. The van der Waals surface area contributed by atoms with Crippen molar-refractivity contribution in [3.05, 3.63) is 29.8 Å². The van der Waals surface area contributed by atoms with Gasteiger partial charge in [0.15, 0.2) is 0 Å². The Kier molecular flexibility index (Phi) is 5.86. The normalized spacial score (nSPS) is 14.8. The number of rotatable bonds is 9. The SMILES string of the molecule is CCCN(CCN(C)C)c1ccc(CNC2CC2)cc1. The predicted octanol–water partition coefficient (Wildman–Crippen LogP) is 2.72. The van der Waals surface area contributed by atoms with Crippen molar-refractivity contribution in [2.45, 2.75) is 38.8 Å². The molecule has 0 aliphatic heterocycles. The smallest absolute Gasteiger partial charge is 0.0366 e. The molecule has 3 heteroatoms. The van der Waals surface area contributed by atoms with E-state index in [1.807, 2.05) is 0 Å². The monoisotopic (exact) mass is 275 g/mol. The van der Waals surface area contributed by atoms with Gasteiger partial charge in [0.2, 0.25) is 0 Å². The van der Waals surface area contributed by atoms with Crippen molar-refractivity contribution in [1.29, 1.82) is 0 Å². The van der Waals surface area contributed by atoms with Crippen LogP contribution in [0.5, 0.6) is 0 Å². The summed E-state index contributed by atoms with van der Waals surface area (Å²) < 4.78 is 0. The van der Waals surface area contributed by atoms with Gasteiger partial charge in [0.25, 0.3) is 0 Å². The van der Waals surface area contributed by atoms with Gasteiger partial charge in [-0.3, -0.25) is 0 Å². The van der Waals surface area contributed by atoms with E-state index < -0.39 is 0 Å². The molecule has 1 aromatic carbocycles. The summed E-state index contributed by atoms with van der Waals surface area (Å²) in [5, 5.41) is 3.57. The lowest BCUT2D eigenvalue weighted by Gasteiger charge is -2.26. The van der Waals surface area contributed by atoms with Gasteiger partial charge in [-0.2, -0.15) is 0 Å². The van der Waals surface area contributed by atoms with Gasteiger partial charge in [-0.05, 0) is 51.1 Å². The molecule has 3 nitrogen and oxygen atoms in total. The summed E-state index contributed by atoms with van der Waals surface area (Å²) in [6.07, 6.45) is 3.90. The fraction of sp³-hybridized carbons (Fsp3) is 0.647. The summed E-state index contributed by atoms with van der Waals surface area (Å²) in [5.41, 5.74) is 2.74. The second-order valence-corrected chi connectivity index (χ2v) is 6.11. The van der Waals surface area contributed by atoms with Crippen molar-refractivity contribution in [2.24, 2.45) is 0 Å². The van der Waals surface area contributed by atoms with Crippen LogP contribution in [-0.2, 0) is 6.54 Å². The zero-order valence-corrected chi connectivity index (χ0v) is 13.2. The highest BCUT2D eigenvalue weighted by molar-refractivity contribution is 5.47. The van der Waals surface area contributed by atoms with Gasteiger partial charge in [0, 0.05) is 37.9 Å². The highest BCUT2D eigenvalue weighted by Crippen LogP contribution is 2.20. The summed E-state index contributed by atoms with van der Waals surface area (Å²) in [6.45, 7) is 6.59. The second kappa shape index (κ2) is 7.65. The number of likely N-dealkylation sites (N-methyl/N-ethyl adjacent to an activating group) is 1. The van der Waals surface area contributed by atoms with Gasteiger partial charge in [-0.1, -0.05) is 19.1 Å². The zero-order chi connectivity index (χ0) is 14.4. The number of nitrogens with zero attached hydrogens (tertiary/aromatic N) is 2. The van der Waals surface area contributed by atoms with Crippen molar-refractivity contribution in [3.8, 4) is 0 Å². The standard InChI is InChI=1S/C17H29N3/c1-4-11-20(13-12-19(2)3)17-9-5-15(6-10-17)14-18-16-7-8-16/h5-6,9-10,16,18H,4,7-8,11-14H2,1-3H3. The molecule has 2 rings (SSSR count). The van der Waals surface area contributed by atoms with Crippen LogP contribution in [-0.4, -0.2) is 44.7 Å². The Balaban J connectivity index is 1.89. The van der Waals surface area contributed by atoms with Crippen molar-refractivity contribution in [1.82, 2.24) is 10.2 Å². The van der Waals surface area contributed by atoms with Crippen molar-refractivity contribution >= 4 is 5.69 Å². The first-order chi connectivity index (χ1) is 9.69. The molecular weight excluding hydrogens is 246 g/mol. The number of hydrogen-bond donors (Lipinski definition) is 1. The Morgan fingerprint density at radius 3 is 2.30 bits per heavy atom. The number of nitrogens with one attached hydrogen (secondary N) is 1. The Labute approximate surface area is 124 Å². The van der Waals surface area contributed by atoms with Gasteiger partial charge >= 0.3 is 0 Å². The first-order valence-electron chi connectivity index (χ1n) is 7.91. The van der Waals surface area contributed by atoms with Crippen molar-refractivity contribution in [3.63, 3.8) is 0 Å². The molecule has 0 spiro atoms. The minimum Gasteiger partial charge on any atom is -0.370 e. The molecule has 112 valence electrons. The summed E-state index contributed by atoms with van der Waals surface area (Å²) in [4.78, 5) is 4.73. The van der Waals surface area contributed by atoms with Crippen LogP contribution in [0.1, 0.15) is 31.7 Å². The van der Waals surface area contributed by atoms with Crippen LogP contribution in [0.25, 0.3) is 0 Å². The molecule has 1 aliphatic carbocycles. The van der Waals surface area contributed by atoms with E-state index in [1.54, 1.807) is 0 Å². The molecule has 0 unspecified atom stereocenters. The predicted molar refractivity (Wildman–Crippen MR) is 87.4 cm³/mol. The van der Waals surface area contributed by atoms with Crippen LogP contribution in [0.3, 0.4) is 0 Å². The van der Waals surface area contributed by atoms with Gasteiger partial charge in [0.05, 0.1) is 0 Å². The molecule has 1 saturated carbocycles. The van der Waals surface area contributed by atoms with E-state index in [1.165, 1.54) is 30.5 Å². The van der Waals surface area contributed by atoms with E-state index in [9.17, 15) is 0 Å². The maximum atomic E-state index is 3.57. The minimum absolute atomic E-state index is 0.784. The molecule has 0 amide bonds. The van der Waals surface area contributed by atoms with E-state index in [0.717, 1.165) is 32.2 Å².